The first-order valence-electron chi connectivity index (χ1n) is 3.26. The van der Waals surface area contributed by atoms with Gasteiger partial charge in [0.15, 0.2) is 6.29 Å². The van der Waals surface area contributed by atoms with Gasteiger partial charge in [0.1, 0.15) is 10.3 Å². The minimum atomic E-state index is 0.394. The molecule has 0 fully saturated rings. The fourth-order valence-electron chi connectivity index (χ4n) is 0.997. The number of aromatic amines is 1. The number of carbonyl (C=O) groups is 1. The first-order valence-corrected chi connectivity index (χ1v) is 4.05. The topological polar surface area (TPSA) is 58.6 Å². The van der Waals surface area contributed by atoms with E-state index < -0.39 is 0 Å². The molecule has 0 atom stereocenters. The number of aromatic nitrogens is 3. The summed E-state index contributed by atoms with van der Waals surface area (Å²) in [7, 11) is 0. The van der Waals surface area contributed by atoms with Crippen LogP contribution in [0.25, 0.3) is 10.9 Å². The predicted octanol–water partition coefficient (Wildman–Crippen LogP) is 1.53. The zero-order chi connectivity index (χ0) is 8.55. The molecule has 60 valence electrons. The van der Waals surface area contributed by atoms with E-state index in [2.05, 4.69) is 31.1 Å². The van der Waals surface area contributed by atoms with Gasteiger partial charge in [-0.05, 0) is 22.0 Å². The van der Waals surface area contributed by atoms with Gasteiger partial charge in [0.05, 0.1) is 5.52 Å². The van der Waals surface area contributed by atoms with Gasteiger partial charge in [-0.2, -0.15) is 5.10 Å². The molecule has 12 heavy (non-hydrogen) atoms. The van der Waals surface area contributed by atoms with Crippen molar-refractivity contribution in [2.24, 2.45) is 0 Å². The monoisotopic (exact) mass is 225 g/mol. The average Bonchev–Trinajstić information content (AvgIpc) is 2.46. The van der Waals surface area contributed by atoms with Gasteiger partial charge in [0.2, 0.25) is 0 Å². The van der Waals surface area contributed by atoms with Gasteiger partial charge in [-0.1, -0.05) is 0 Å². The Morgan fingerprint density at radius 1 is 1.58 bits per heavy atom. The molecule has 2 aromatic heterocycles. The molecule has 0 aliphatic heterocycles. The summed E-state index contributed by atoms with van der Waals surface area (Å²) < 4.78 is 0.719. The van der Waals surface area contributed by atoms with Crippen molar-refractivity contribution in [3.63, 3.8) is 0 Å². The van der Waals surface area contributed by atoms with Crippen molar-refractivity contribution in [1.29, 1.82) is 0 Å². The SMILES string of the molecule is O=Cc1n[nH]c2cc(Br)ncc12. The summed E-state index contributed by atoms with van der Waals surface area (Å²) in [6.45, 7) is 0. The van der Waals surface area contributed by atoms with Crippen LogP contribution in [0.15, 0.2) is 16.9 Å². The highest BCUT2D eigenvalue weighted by Crippen LogP contribution is 2.16. The van der Waals surface area contributed by atoms with Crippen LogP contribution in [0.5, 0.6) is 0 Å². The second-order valence-corrected chi connectivity index (χ2v) is 3.09. The Labute approximate surface area is 76.1 Å². The van der Waals surface area contributed by atoms with Crippen LogP contribution in [0, 0.1) is 0 Å². The highest BCUT2D eigenvalue weighted by Gasteiger charge is 2.04. The molecular weight excluding hydrogens is 222 g/mol. The van der Waals surface area contributed by atoms with E-state index in [0.717, 1.165) is 15.5 Å². The van der Waals surface area contributed by atoms with Crippen molar-refractivity contribution in [1.82, 2.24) is 15.2 Å². The summed E-state index contributed by atoms with van der Waals surface area (Å²) in [5.41, 5.74) is 1.20. The maximum atomic E-state index is 10.4. The van der Waals surface area contributed by atoms with Crippen LogP contribution < -0.4 is 0 Å². The van der Waals surface area contributed by atoms with Crippen molar-refractivity contribution in [3.8, 4) is 0 Å². The Morgan fingerprint density at radius 3 is 3.17 bits per heavy atom. The third kappa shape index (κ3) is 1.02. The van der Waals surface area contributed by atoms with E-state index >= 15 is 0 Å². The van der Waals surface area contributed by atoms with Crippen LogP contribution in [0.4, 0.5) is 0 Å². The van der Waals surface area contributed by atoms with Crippen molar-refractivity contribution in [3.05, 3.63) is 22.6 Å². The minimum absolute atomic E-state index is 0.394. The molecule has 5 heteroatoms. The van der Waals surface area contributed by atoms with E-state index in [1.165, 1.54) is 0 Å². The number of carbonyl (C=O) groups excluding carboxylic acids is 1. The molecule has 4 nitrogen and oxygen atoms in total. The van der Waals surface area contributed by atoms with Gasteiger partial charge in [0, 0.05) is 11.6 Å². The molecule has 0 bridgehead atoms. The van der Waals surface area contributed by atoms with E-state index in [4.69, 9.17) is 0 Å². The molecule has 0 aromatic carbocycles. The summed E-state index contributed by atoms with van der Waals surface area (Å²) in [4.78, 5) is 14.4. The number of fused-ring (bicyclic) bond motifs is 1. The van der Waals surface area contributed by atoms with Crippen molar-refractivity contribution in [2.45, 2.75) is 0 Å². The third-order valence-corrected chi connectivity index (χ3v) is 1.99. The lowest BCUT2D eigenvalue weighted by atomic mass is 10.3. The number of rotatable bonds is 1. The van der Waals surface area contributed by atoms with Gasteiger partial charge in [-0.3, -0.25) is 9.89 Å². The zero-order valence-corrected chi connectivity index (χ0v) is 7.50. The Kier molecular flexibility index (Phi) is 1.65. The van der Waals surface area contributed by atoms with Crippen LogP contribution in [0.1, 0.15) is 10.5 Å². The number of pyridine rings is 1. The van der Waals surface area contributed by atoms with Crippen LogP contribution >= 0.6 is 15.9 Å². The minimum Gasteiger partial charge on any atom is -0.296 e. The van der Waals surface area contributed by atoms with Crippen molar-refractivity contribution < 1.29 is 4.79 Å². The number of nitrogens with one attached hydrogen (secondary N) is 1. The molecule has 1 N–H and O–H groups in total. The lowest BCUT2D eigenvalue weighted by molar-refractivity contribution is 0.112. The Hall–Kier alpha value is -1.23. The van der Waals surface area contributed by atoms with Gasteiger partial charge in [-0.25, -0.2) is 4.98 Å². The van der Waals surface area contributed by atoms with E-state index in [1.54, 1.807) is 12.3 Å². The largest absolute Gasteiger partial charge is 0.296 e. The molecule has 0 aliphatic rings. The first kappa shape index (κ1) is 7.42. The number of nitrogens with zero attached hydrogens (tertiary/aromatic N) is 2. The molecule has 0 spiro atoms. The van der Waals surface area contributed by atoms with E-state index in [1.807, 2.05) is 0 Å². The fraction of sp³-hybridized carbons (Fsp3) is 0. The second kappa shape index (κ2) is 2.67. The lowest BCUT2D eigenvalue weighted by Gasteiger charge is -1.88. The summed E-state index contributed by atoms with van der Waals surface area (Å²) in [6, 6.07) is 1.77. The quantitative estimate of drug-likeness (QED) is 0.592. The molecule has 0 aliphatic carbocycles. The molecule has 0 saturated heterocycles. The molecule has 2 rings (SSSR count). The highest BCUT2D eigenvalue weighted by atomic mass is 79.9. The highest BCUT2D eigenvalue weighted by molar-refractivity contribution is 9.10. The van der Waals surface area contributed by atoms with E-state index in [-0.39, 0.29) is 0 Å². The number of halogens is 1. The summed E-state index contributed by atoms with van der Waals surface area (Å²) in [5, 5.41) is 7.27. The van der Waals surface area contributed by atoms with Crippen LogP contribution in [-0.2, 0) is 0 Å². The first-order chi connectivity index (χ1) is 5.81. The van der Waals surface area contributed by atoms with Crippen LogP contribution in [-0.4, -0.2) is 21.5 Å². The second-order valence-electron chi connectivity index (χ2n) is 2.28. The molecule has 0 saturated carbocycles. The fourth-order valence-corrected chi connectivity index (χ4v) is 1.33. The average molecular weight is 226 g/mol. The summed E-state index contributed by atoms with van der Waals surface area (Å²) in [5.74, 6) is 0. The van der Waals surface area contributed by atoms with Gasteiger partial charge >= 0.3 is 0 Å². The predicted molar refractivity (Wildman–Crippen MR) is 47.0 cm³/mol. The number of hydrogen-bond acceptors (Lipinski definition) is 3. The smallest absolute Gasteiger partial charge is 0.170 e. The lowest BCUT2D eigenvalue weighted by Crippen LogP contribution is -1.79. The standard InChI is InChI=1S/C7H4BrN3O/c8-7-1-5-4(2-9-7)6(3-12)11-10-5/h1-3H,(H,10,11). The third-order valence-electron chi connectivity index (χ3n) is 1.55. The number of H-pyrrole nitrogens is 1. The Bertz CT molecular complexity index is 437. The van der Waals surface area contributed by atoms with Crippen molar-refractivity contribution in [2.75, 3.05) is 0 Å². The Morgan fingerprint density at radius 2 is 2.42 bits per heavy atom. The molecular formula is C7H4BrN3O. The maximum absolute atomic E-state index is 10.4. The normalized spacial score (nSPS) is 10.4. The maximum Gasteiger partial charge on any atom is 0.170 e. The van der Waals surface area contributed by atoms with Gasteiger partial charge in [0.25, 0.3) is 0 Å². The summed E-state index contributed by atoms with van der Waals surface area (Å²) >= 11 is 3.22. The molecule has 0 unspecified atom stereocenters. The van der Waals surface area contributed by atoms with Crippen LogP contribution in [0.3, 0.4) is 0 Å². The Balaban J connectivity index is 2.81. The molecule has 2 aromatic rings. The van der Waals surface area contributed by atoms with Gasteiger partial charge in [-0.15, -0.1) is 0 Å². The van der Waals surface area contributed by atoms with Gasteiger partial charge < -0.3 is 0 Å². The molecule has 2 heterocycles. The molecule has 0 amide bonds. The van der Waals surface area contributed by atoms with Crippen molar-refractivity contribution >= 4 is 33.1 Å². The van der Waals surface area contributed by atoms with E-state index in [9.17, 15) is 4.79 Å². The van der Waals surface area contributed by atoms with E-state index in [0.29, 0.717) is 12.0 Å². The molecule has 0 radical (unpaired) electrons. The summed E-state index contributed by atoms with van der Waals surface area (Å²) in [6.07, 6.45) is 2.31. The van der Waals surface area contributed by atoms with Crippen LogP contribution in [0.2, 0.25) is 0 Å². The zero-order valence-electron chi connectivity index (χ0n) is 5.91. The number of hydrogen-bond donors (Lipinski definition) is 1. The number of aldehydes is 1.